The molecule has 0 spiro atoms. The maximum Gasteiger partial charge on any atom is 0.296 e. The van der Waals surface area contributed by atoms with Crippen LogP contribution in [-0.2, 0) is 30.4 Å². The van der Waals surface area contributed by atoms with E-state index in [1.54, 1.807) is 0 Å². The molecule has 0 fully saturated rings. The third-order valence-electron chi connectivity index (χ3n) is 9.65. The summed E-state index contributed by atoms with van der Waals surface area (Å²) in [6, 6.07) is 22.5. The average molecular weight is 987 g/mol. The Balaban J connectivity index is 1.18. The molecule has 5 N–H and O–H groups in total. The molecule has 0 bridgehead atoms. The highest BCUT2D eigenvalue weighted by Gasteiger charge is 2.24. The van der Waals surface area contributed by atoms with Gasteiger partial charge < -0.3 is 29.2 Å². The van der Waals surface area contributed by atoms with Crippen molar-refractivity contribution in [2.24, 2.45) is 40.9 Å². The van der Waals surface area contributed by atoms with E-state index in [0.717, 1.165) is 12.1 Å². The summed E-state index contributed by atoms with van der Waals surface area (Å²) in [6.07, 6.45) is 0. The number of methoxy groups -OCH3 is 4. The predicted molar refractivity (Wildman–Crippen MR) is 243 cm³/mol. The number of phenolic OH excluding ortho intramolecular Hbond substituents is 2. The maximum atomic E-state index is 12.6. The van der Waals surface area contributed by atoms with Gasteiger partial charge in [0.15, 0.2) is 5.75 Å². The standard InChI is InChI=1S/C42H34N8O15S3/c1-62-35-19-32(36(63-2)18-31(35)46-45-26-6-5-22-14-28(66(53,54)55)17-39(30(22)16-26)67(56,57)58)47-48-33-20-38(65-4)34(21-37(33)64-3)49-50-41-40(68(59,60)61)15-23-13-25(9-12-29(23)42(41)52)44-43-24-7-10-27(51)11-8-24/h5-21,51-52H,1-4H3,(H,53,54,55)(H,56,57,58)(H,59,60,61). The normalized spacial score (nSPS) is 12.6. The molecule has 0 aliphatic carbocycles. The first kappa shape index (κ1) is 47.9. The van der Waals surface area contributed by atoms with Gasteiger partial charge >= 0.3 is 0 Å². The second kappa shape index (κ2) is 19.1. The van der Waals surface area contributed by atoms with Crippen LogP contribution in [0.5, 0.6) is 34.5 Å². The fourth-order valence-electron chi connectivity index (χ4n) is 6.41. The molecule has 0 heterocycles. The lowest BCUT2D eigenvalue weighted by Crippen LogP contribution is -2.04. The van der Waals surface area contributed by atoms with Crippen LogP contribution in [0.3, 0.4) is 0 Å². The highest BCUT2D eigenvalue weighted by molar-refractivity contribution is 7.87. The number of phenols is 2. The summed E-state index contributed by atoms with van der Waals surface area (Å²) in [6.45, 7) is 0. The molecule has 0 radical (unpaired) electrons. The highest BCUT2D eigenvalue weighted by Crippen LogP contribution is 2.46. The van der Waals surface area contributed by atoms with E-state index in [1.807, 2.05) is 0 Å². The van der Waals surface area contributed by atoms with Crippen LogP contribution in [0, 0.1) is 0 Å². The molecule has 0 unspecified atom stereocenters. The molecule has 7 rings (SSSR count). The zero-order valence-electron chi connectivity index (χ0n) is 35.4. The van der Waals surface area contributed by atoms with Gasteiger partial charge in [0.2, 0.25) is 0 Å². The molecule has 0 aliphatic rings. The molecule has 0 aromatic heterocycles. The lowest BCUT2D eigenvalue weighted by molar-refractivity contribution is 0.403. The first-order chi connectivity index (χ1) is 32.2. The number of benzene rings is 7. The molecule has 0 atom stereocenters. The molecular formula is C42H34N8O15S3. The first-order valence-electron chi connectivity index (χ1n) is 19.0. The van der Waals surface area contributed by atoms with E-state index in [4.69, 9.17) is 18.9 Å². The molecule has 68 heavy (non-hydrogen) atoms. The number of azo groups is 4. The van der Waals surface area contributed by atoms with Crippen LogP contribution in [0.4, 0.5) is 45.5 Å². The van der Waals surface area contributed by atoms with Crippen LogP contribution in [0.25, 0.3) is 21.5 Å². The zero-order chi connectivity index (χ0) is 49.1. The van der Waals surface area contributed by atoms with E-state index in [1.165, 1.54) is 113 Å². The monoisotopic (exact) mass is 986 g/mol. The van der Waals surface area contributed by atoms with Gasteiger partial charge in [-0.15, -0.1) is 25.6 Å². The summed E-state index contributed by atoms with van der Waals surface area (Å²) in [4.78, 5) is -2.31. The Morgan fingerprint density at radius 1 is 0.397 bits per heavy atom. The van der Waals surface area contributed by atoms with Crippen molar-refractivity contribution in [2.45, 2.75) is 14.7 Å². The second-order valence-electron chi connectivity index (χ2n) is 13.9. The van der Waals surface area contributed by atoms with Crippen LogP contribution < -0.4 is 18.9 Å². The smallest absolute Gasteiger partial charge is 0.296 e. The Hall–Kier alpha value is -8.01. The van der Waals surface area contributed by atoms with E-state index in [-0.39, 0.29) is 84.4 Å². The van der Waals surface area contributed by atoms with Gasteiger partial charge in [-0.1, -0.05) is 6.07 Å². The third-order valence-corrected chi connectivity index (χ3v) is 12.2. The van der Waals surface area contributed by atoms with Crippen molar-refractivity contribution in [3.8, 4) is 34.5 Å². The Kier molecular flexibility index (Phi) is 13.4. The molecule has 0 saturated heterocycles. The summed E-state index contributed by atoms with van der Waals surface area (Å²) in [5.41, 5.74) is 0.504. The minimum Gasteiger partial charge on any atom is -0.508 e. The third kappa shape index (κ3) is 10.5. The highest BCUT2D eigenvalue weighted by atomic mass is 32.2. The van der Waals surface area contributed by atoms with Crippen molar-refractivity contribution < 1.29 is 68.1 Å². The molecule has 7 aromatic rings. The van der Waals surface area contributed by atoms with Gasteiger partial charge in [0.05, 0.1) is 50.4 Å². The van der Waals surface area contributed by atoms with Crippen LogP contribution in [0.15, 0.2) is 159 Å². The summed E-state index contributed by atoms with van der Waals surface area (Å²) in [7, 11) is -9.46. The molecule has 26 heteroatoms. The number of ether oxygens (including phenoxy) is 4. The molecule has 23 nitrogen and oxygen atoms in total. The molecule has 350 valence electrons. The average Bonchev–Trinajstić information content (AvgIpc) is 3.30. The molecule has 0 amide bonds. The molecule has 0 saturated carbocycles. The lowest BCUT2D eigenvalue weighted by Gasteiger charge is -2.11. The van der Waals surface area contributed by atoms with Crippen molar-refractivity contribution in [1.29, 1.82) is 0 Å². The second-order valence-corrected chi connectivity index (χ2v) is 18.1. The summed E-state index contributed by atoms with van der Waals surface area (Å²) < 4.78 is 124. The largest absolute Gasteiger partial charge is 0.508 e. The van der Waals surface area contributed by atoms with E-state index in [9.17, 15) is 49.1 Å². The SMILES string of the molecule is COc1cc(N=Nc2cc(OC)c(N=Nc3c(S(=O)(=O)O)cc4cc(N=Nc5ccc(O)cc5)ccc4c3O)cc2OC)c(OC)cc1N=Nc1ccc2cc(S(=O)(=O)O)cc(S(=O)(=O)O)c2c1. The number of aromatic hydroxyl groups is 2. The minimum atomic E-state index is -4.99. The molecule has 7 aromatic carbocycles. The van der Waals surface area contributed by atoms with Crippen LogP contribution in [0.1, 0.15) is 0 Å². The van der Waals surface area contributed by atoms with Gasteiger partial charge in [0.25, 0.3) is 30.4 Å². The van der Waals surface area contributed by atoms with Crippen LogP contribution in [0.2, 0.25) is 0 Å². The first-order valence-corrected chi connectivity index (χ1v) is 23.3. The van der Waals surface area contributed by atoms with Gasteiger partial charge in [0, 0.05) is 35.0 Å². The van der Waals surface area contributed by atoms with Crippen molar-refractivity contribution in [3.63, 3.8) is 0 Å². The van der Waals surface area contributed by atoms with Crippen molar-refractivity contribution >= 4 is 97.4 Å². The molecular weight excluding hydrogens is 953 g/mol. The number of nitrogens with zero attached hydrogens (tertiary/aromatic N) is 8. The number of hydrogen-bond donors (Lipinski definition) is 5. The number of hydrogen-bond acceptors (Lipinski definition) is 20. The van der Waals surface area contributed by atoms with Crippen LogP contribution >= 0.6 is 0 Å². The minimum absolute atomic E-state index is 0.0217. The van der Waals surface area contributed by atoms with Gasteiger partial charge in [-0.25, -0.2) is 0 Å². The fourth-order valence-corrected chi connectivity index (χ4v) is 8.41. The summed E-state index contributed by atoms with van der Waals surface area (Å²) in [5.74, 6) is -0.218. The number of rotatable bonds is 15. The van der Waals surface area contributed by atoms with E-state index in [0.29, 0.717) is 11.8 Å². The van der Waals surface area contributed by atoms with Gasteiger partial charge in [-0.2, -0.15) is 40.6 Å². The lowest BCUT2D eigenvalue weighted by atomic mass is 10.1. The zero-order valence-corrected chi connectivity index (χ0v) is 37.9. The summed E-state index contributed by atoms with van der Waals surface area (Å²) in [5, 5.41) is 54.3. The van der Waals surface area contributed by atoms with Gasteiger partial charge in [-0.05, 0) is 83.6 Å². The quantitative estimate of drug-likeness (QED) is 0.0471. The fraction of sp³-hybridized carbons (Fsp3) is 0.0952. The predicted octanol–water partition coefficient (Wildman–Crippen LogP) is 10.8. The van der Waals surface area contributed by atoms with Crippen LogP contribution in [-0.4, -0.2) is 77.6 Å². The van der Waals surface area contributed by atoms with E-state index < -0.39 is 56.5 Å². The van der Waals surface area contributed by atoms with E-state index >= 15 is 0 Å². The Bertz CT molecular complexity index is 3630. The Morgan fingerprint density at radius 2 is 0.838 bits per heavy atom. The number of fused-ring (bicyclic) bond motifs is 2. The summed E-state index contributed by atoms with van der Waals surface area (Å²) >= 11 is 0. The molecule has 0 aliphatic heterocycles. The van der Waals surface area contributed by atoms with Gasteiger partial charge in [-0.3, -0.25) is 13.7 Å². The van der Waals surface area contributed by atoms with Crippen molar-refractivity contribution in [2.75, 3.05) is 28.4 Å². The maximum absolute atomic E-state index is 12.6. The Morgan fingerprint density at radius 3 is 1.34 bits per heavy atom. The van der Waals surface area contributed by atoms with Gasteiger partial charge in [0.1, 0.15) is 67.0 Å². The topological polar surface area (TPSA) is 339 Å². The van der Waals surface area contributed by atoms with Crippen molar-refractivity contribution in [3.05, 3.63) is 103 Å². The Labute approximate surface area is 385 Å². The van der Waals surface area contributed by atoms with E-state index in [2.05, 4.69) is 40.9 Å². The van der Waals surface area contributed by atoms with Crippen molar-refractivity contribution in [1.82, 2.24) is 0 Å².